The second-order valence-corrected chi connectivity index (χ2v) is 3.60. The van der Waals surface area contributed by atoms with Crippen molar-refractivity contribution in [2.75, 3.05) is 6.61 Å². The third kappa shape index (κ3) is 1.22. The third-order valence-electron chi connectivity index (χ3n) is 2.69. The Morgan fingerprint density at radius 2 is 2.42 bits per heavy atom. The van der Waals surface area contributed by atoms with E-state index in [1.807, 2.05) is 0 Å². The van der Waals surface area contributed by atoms with Gasteiger partial charge in [0.25, 0.3) is 0 Å². The molecule has 3 atom stereocenters. The molecular formula is C9H15NO2. The smallest absolute Gasteiger partial charge is 0.135 e. The van der Waals surface area contributed by atoms with Gasteiger partial charge in [0.2, 0.25) is 0 Å². The zero-order chi connectivity index (χ0) is 8.55. The van der Waals surface area contributed by atoms with Gasteiger partial charge in [0.15, 0.2) is 0 Å². The van der Waals surface area contributed by atoms with E-state index in [0.717, 1.165) is 18.6 Å². The van der Waals surface area contributed by atoms with Gasteiger partial charge in [-0.1, -0.05) is 12.1 Å². The Morgan fingerprint density at radius 3 is 3.17 bits per heavy atom. The number of nitrogens with zero attached hydrogens (tertiary/aromatic N) is 1. The number of fused-ring (bicyclic) bond motifs is 1. The topological polar surface area (TPSA) is 30.8 Å². The van der Waals surface area contributed by atoms with E-state index in [1.165, 1.54) is 0 Å². The lowest BCUT2D eigenvalue weighted by Gasteiger charge is -2.26. The minimum Gasteiger partial charge on any atom is -0.392 e. The fourth-order valence-corrected chi connectivity index (χ4v) is 1.92. The Bertz CT molecular complexity index is 203. The van der Waals surface area contributed by atoms with Crippen LogP contribution in [0.15, 0.2) is 5.16 Å². The summed E-state index contributed by atoms with van der Waals surface area (Å²) in [4.78, 5) is 5.31. The molecule has 12 heavy (non-hydrogen) atoms. The van der Waals surface area contributed by atoms with Gasteiger partial charge in [0.05, 0.1) is 18.4 Å². The summed E-state index contributed by atoms with van der Waals surface area (Å²) in [6.45, 7) is 4.92. The lowest BCUT2D eigenvalue weighted by molar-refractivity contribution is 0.0230. The molecule has 0 spiro atoms. The Hall–Kier alpha value is -0.570. The van der Waals surface area contributed by atoms with Crippen molar-refractivity contribution >= 4 is 5.71 Å². The highest BCUT2D eigenvalue weighted by molar-refractivity contribution is 5.89. The van der Waals surface area contributed by atoms with Crippen molar-refractivity contribution in [2.45, 2.75) is 38.9 Å². The maximum Gasteiger partial charge on any atom is 0.135 e. The minimum absolute atomic E-state index is 0.311. The van der Waals surface area contributed by atoms with E-state index in [0.29, 0.717) is 24.7 Å². The molecule has 1 saturated heterocycles. The normalized spacial score (nSPS) is 40.2. The van der Waals surface area contributed by atoms with Crippen LogP contribution in [-0.4, -0.2) is 24.5 Å². The van der Waals surface area contributed by atoms with Crippen LogP contribution in [0.25, 0.3) is 0 Å². The van der Waals surface area contributed by atoms with Gasteiger partial charge in [-0.05, 0) is 19.8 Å². The Labute approximate surface area is 72.7 Å². The second-order valence-electron chi connectivity index (χ2n) is 3.60. The van der Waals surface area contributed by atoms with Crippen LogP contribution in [0.1, 0.15) is 26.7 Å². The second kappa shape index (κ2) is 3.05. The highest BCUT2D eigenvalue weighted by Gasteiger charge is 2.37. The SMILES string of the molecule is CC[C@@H]1ON=C2CO[C@@H](C)C[C@H]21. The van der Waals surface area contributed by atoms with Crippen LogP contribution in [0.5, 0.6) is 0 Å². The molecule has 3 heteroatoms. The van der Waals surface area contributed by atoms with Crippen LogP contribution >= 0.6 is 0 Å². The number of hydrogen-bond donors (Lipinski definition) is 0. The van der Waals surface area contributed by atoms with Crippen LogP contribution in [0, 0.1) is 5.92 Å². The highest BCUT2D eigenvalue weighted by atomic mass is 16.6. The standard InChI is InChI=1S/C9H15NO2/c1-3-9-7-4-6(2)11-5-8(7)10-12-9/h6-7,9H,3-5H2,1-2H3/t6-,7+,9-/m0/s1. The first-order valence-corrected chi connectivity index (χ1v) is 4.65. The zero-order valence-electron chi connectivity index (χ0n) is 7.62. The van der Waals surface area contributed by atoms with E-state index in [1.54, 1.807) is 0 Å². The van der Waals surface area contributed by atoms with Crippen LogP contribution in [0.3, 0.4) is 0 Å². The van der Waals surface area contributed by atoms with Gasteiger partial charge in [0, 0.05) is 5.92 Å². The molecule has 0 aliphatic carbocycles. The molecule has 0 amide bonds. The summed E-state index contributed by atoms with van der Waals surface area (Å²) >= 11 is 0. The van der Waals surface area contributed by atoms with E-state index in [4.69, 9.17) is 9.57 Å². The lowest BCUT2D eigenvalue weighted by Crippen LogP contribution is -2.35. The van der Waals surface area contributed by atoms with Crippen LogP contribution in [0.2, 0.25) is 0 Å². The van der Waals surface area contributed by atoms with Crippen molar-refractivity contribution < 1.29 is 9.57 Å². The van der Waals surface area contributed by atoms with Crippen molar-refractivity contribution in [2.24, 2.45) is 11.1 Å². The average molecular weight is 169 g/mol. The summed E-state index contributed by atoms with van der Waals surface area (Å²) in [5.74, 6) is 0.527. The summed E-state index contributed by atoms with van der Waals surface area (Å²) in [6, 6.07) is 0. The van der Waals surface area contributed by atoms with Crippen molar-refractivity contribution in [3.8, 4) is 0 Å². The van der Waals surface area contributed by atoms with E-state index in [9.17, 15) is 0 Å². The van der Waals surface area contributed by atoms with Gasteiger partial charge in [0.1, 0.15) is 6.10 Å². The summed E-state index contributed by atoms with van der Waals surface area (Å²) in [7, 11) is 0. The van der Waals surface area contributed by atoms with Crippen molar-refractivity contribution in [1.82, 2.24) is 0 Å². The summed E-state index contributed by atoms with van der Waals surface area (Å²) < 4.78 is 5.47. The fourth-order valence-electron chi connectivity index (χ4n) is 1.92. The zero-order valence-corrected chi connectivity index (χ0v) is 7.62. The molecule has 3 nitrogen and oxygen atoms in total. The van der Waals surface area contributed by atoms with Crippen molar-refractivity contribution in [1.29, 1.82) is 0 Å². The van der Waals surface area contributed by atoms with Gasteiger partial charge in [-0.15, -0.1) is 0 Å². The lowest BCUT2D eigenvalue weighted by atomic mass is 9.89. The average Bonchev–Trinajstić information content (AvgIpc) is 2.46. The number of oxime groups is 1. The molecule has 0 aromatic rings. The molecule has 0 aromatic carbocycles. The predicted molar refractivity (Wildman–Crippen MR) is 46.1 cm³/mol. The van der Waals surface area contributed by atoms with Crippen LogP contribution in [0.4, 0.5) is 0 Å². The fraction of sp³-hybridized carbons (Fsp3) is 0.889. The number of ether oxygens (including phenoxy) is 1. The maximum absolute atomic E-state index is 5.47. The Kier molecular flexibility index (Phi) is 2.05. The van der Waals surface area contributed by atoms with E-state index < -0.39 is 0 Å². The van der Waals surface area contributed by atoms with Crippen LogP contribution in [-0.2, 0) is 9.57 Å². The largest absolute Gasteiger partial charge is 0.392 e. The minimum atomic E-state index is 0.311. The van der Waals surface area contributed by atoms with Gasteiger partial charge < -0.3 is 9.57 Å². The summed E-state index contributed by atoms with van der Waals surface area (Å²) in [5, 5.41) is 4.04. The van der Waals surface area contributed by atoms with E-state index >= 15 is 0 Å². The van der Waals surface area contributed by atoms with Crippen LogP contribution < -0.4 is 0 Å². The van der Waals surface area contributed by atoms with Crippen molar-refractivity contribution in [3.63, 3.8) is 0 Å². The molecule has 2 aliphatic rings. The van der Waals surface area contributed by atoms with Gasteiger partial charge in [-0.2, -0.15) is 0 Å². The summed E-state index contributed by atoms with van der Waals surface area (Å²) in [6.07, 6.45) is 2.79. The first-order chi connectivity index (χ1) is 5.81. The van der Waals surface area contributed by atoms with E-state index in [2.05, 4.69) is 19.0 Å². The molecule has 0 aromatic heterocycles. The molecule has 0 radical (unpaired) electrons. The summed E-state index contributed by atoms with van der Waals surface area (Å²) in [5.41, 5.74) is 1.11. The molecule has 0 unspecified atom stereocenters. The van der Waals surface area contributed by atoms with Gasteiger partial charge >= 0.3 is 0 Å². The molecule has 2 heterocycles. The molecular weight excluding hydrogens is 154 g/mol. The van der Waals surface area contributed by atoms with E-state index in [-0.39, 0.29) is 0 Å². The molecule has 0 N–H and O–H groups in total. The molecule has 68 valence electrons. The third-order valence-corrected chi connectivity index (χ3v) is 2.69. The first kappa shape index (κ1) is 8.05. The molecule has 2 aliphatic heterocycles. The quantitative estimate of drug-likeness (QED) is 0.596. The molecule has 1 fully saturated rings. The first-order valence-electron chi connectivity index (χ1n) is 4.65. The monoisotopic (exact) mass is 169 g/mol. The van der Waals surface area contributed by atoms with Gasteiger partial charge in [-0.25, -0.2) is 0 Å². The van der Waals surface area contributed by atoms with Crippen molar-refractivity contribution in [3.05, 3.63) is 0 Å². The Balaban J connectivity index is 2.06. The van der Waals surface area contributed by atoms with Gasteiger partial charge in [-0.3, -0.25) is 0 Å². The highest BCUT2D eigenvalue weighted by Crippen LogP contribution is 2.29. The predicted octanol–water partition coefficient (Wildman–Crippen LogP) is 1.58. The number of rotatable bonds is 1. The number of hydrogen-bond acceptors (Lipinski definition) is 3. The molecule has 0 bridgehead atoms. The Morgan fingerprint density at radius 1 is 1.58 bits per heavy atom. The maximum atomic E-state index is 5.47. The molecule has 2 rings (SSSR count). The molecule has 0 saturated carbocycles.